The van der Waals surface area contributed by atoms with Crippen LogP contribution in [0.3, 0.4) is 0 Å². The standard InChI is InChI=1S/C24H29N5O3/c1-17(18-15-26-28(3)16-18)11-23-22(25-2)7-8-24(27-23)29(9-6-10-30)19-12-20(31-4)14-21(13-19)32-5/h7-8,11-16,30H,2,6,9-10H2,1,3-5H3/b17-11+. The summed E-state index contributed by atoms with van der Waals surface area (Å²) in [7, 11) is 5.11. The van der Waals surface area contributed by atoms with Crippen LogP contribution in [0.15, 0.2) is 47.7 Å². The molecule has 1 N–H and O–H groups in total. The van der Waals surface area contributed by atoms with Crippen LogP contribution in [0.4, 0.5) is 17.2 Å². The SMILES string of the molecule is C=Nc1ccc(N(CCCO)c2cc(OC)cc(OC)c2)nc1/C=C(\C)c1cnn(C)c1. The summed E-state index contributed by atoms with van der Waals surface area (Å²) in [4.78, 5) is 11.0. The predicted octanol–water partition coefficient (Wildman–Crippen LogP) is 4.25. The van der Waals surface area contributed by atoms with E-state index in [0.29, 0.717) is 41.7 Å². The lowest BCUT2D eigenvalue weighted by Gasteiger charge is -2.25. The highest BCUT2D eigenvalue weighted by Crippen LogP contribution is 2.34. The molecule has 168 valence electrons. The predicted molar refractivity (Wildman–Crippen MR) is 128 cm³/mol. The van der Waals surface area contributed by atoms with E-state index in [4.69, 9.17) is 14.5 Å². The number of aliphatic hydroxyl groups excluding tert-OH is 1. The third kappa shape index (κ3) is 5.33. The molecule has 0 aliphatic heterocycles. The number of hydrogen-bond donors (Lipinski definition) is 1. The largest absolute Gasteiger partial charge is 0.497 e. The van der Waals surface area contributed by atoms with Crippen molar-refractivity contribution in [1.82, 2.24) is 14.8 Å². The van der Waals surface area contributed by atoms with Crippen molar-refractivity contribution in [2.24, 2.45) is 12.0 Å². The average molecular weight is 436 g/mol. The molecule has 1 aromatic carbocycles. The maximum Gasteiger partial charge on any atom is 0.133 e. The van der Waals surface area contributed by atoms with Crippen molar-refractivity contribution in [1.29, 1.82) is 0 Å². The molecule has 3 aromatic rings. The molecule has 0 amide bonds. The highest BCUT2D eigenvalue weighted by atomic mass is 16.5. The fourth-order valence-corrected chi connectivity index (χ4v) is 3.31. The van der Waals surface area contributed by atoms with Crippen LogP contribution in [-0.4, -0.2) is 54.0 Å². The normalized spacial score (nSPS) is 11.3. The van der Waals surface area contributed by atoms with Crippen LogP contribution in [0.2, 0.25) is 0 Å². The first-order valence-electron chi connectivity index (χ1n) is 10.3. The minimum atomic E-state index is 0.0662. The van der Waals surface area contributed by atoms with Crippen LogP contribution in [-0.2, 0) is 7.05 Å². The number of nitrogens with zero attached hydrogens (tertiary/aromatic N) is 5. The van der Waals surface area contributed by atoms with Gasteiger partial charge in [0.1, 0.15) is 17.3 Å². The number of aliphatic imine (C=N–C) groups is 1. The Morgan fingerprint density at radius 2 is 1.94 bits per heavy atom. The van der Waals surface area contributed by atoms with Crippen molar-refractivity contribution in [2.75, 3.05) is 32.3 Å². The summed E-state index contributed by atoms with van der Waals surface area (Å²) < 4.78 is 12.6. The average Bonchev–Trinajstić information content (AvgIpc) is 3.25. The molecule has 0 radical (unpaired) electrons. The van der Waals surface area contributed by atoms with Crippen LogP contribution in [0.1, 0.15) is 24.6 Å². The molecule has 0 fully saturated rings. The summed E-state index contributed by atoms with van der Waals surface area (Å²) in [5.74, 6) is 2.06. The minimum absolute atomic E-state index is 0.0662. The maximum absolute atomic E-state index is 9.46. The van der Waals surface area contributed by atoms with Crippen molar-refractivity contribution < 1.29 is 14.6 Å². The third-order valence-electron chi connectivity index (χ3n) is 5.04. The Balaban J connectivity index is 2.08. The summed E-state index contributed by atoms with van der Waals surface area (Å²) >= 11 is 0. The van der Waals surface area contributed by atoms with Gasteiger partial charge in [0.15, 0.2) is 0 Å². The number of pyridine rings is 1. The van der Waals surface area contributed by atoms with Gasteiger partial charge in [-0.25, -0.2) is 4.98 Å². The number of aliphatic hydroxyl groups is 1. The van der Waals surface area contributed by atoms with E-state index >= 15 is 0 Å². The molecule has 0 bridgehead atoms. The monoisotopic (exact) mass is 435 g/mol. The fourth-order valence-electron chi connectivity index (χ4n) is 3.31. The van der Waals surface area contributed by atoms with E-state index < -0.39 is 0 Å². The number of aryl methyl sites for hydroxylation is 1. The van der Waals surface area contributed by atoms with Gasteiger partial charge in [-0.05, 0) is 43.8 Å². The first kappa shape index (κ1) is 23.0. The number of aromatic nitrogens is 3. The lowest BCUT2D eigenvalue weighted by molar-refractivity contribution is 0.290. The molecule has 0 atom stereocenters. The van der Waals surface area contributed by atoms with Crippen molar-refractivity contribution >= 4 is 35.6 Å². The van der Waals surface area contributed by atoms with Crippen LogP contribution in [0.5, 0.6) is 11.5 Å². The Morgan fingerprint density at radius 3 is 2.50 bits per heavy atom. The van der Waals surface area contributed by atoms with Gasteiger partial charge >= 0.3 is 0 Å². The van der Waals surface area contributed by atoms with Gasteiger partial charge in [0.05, 0.1) is 31.8 Å². The number of ether oxygens (including phenoxy) is 2. The number of methoxy groups -OCH3 is 2. The first-order chi connectivity index (χ1) is 15.5. The lowest BCUT2D eigenvalue weighted by Crippen LogP contribution is -2.21. The number of benzene rings is 1. The molecule has 0 saturated heterocycles. The smallest absolute Gasteiger partial charge is 0.133 e. The summed E-state index contributed by atoms with van der Waals surface area (Å²) in [6.45, 7) is 6.32. The summed E-state index contributed by atoms with van der Waals surface area (Å²) in [6, 6.07) is 9.43. The van der Waals surface area contributed by atoms with E-state index in [1.807, 2.05) is 67.7 Å². The number of rotatable bonds is 10. The second-order valence-electron chi connectivity index (χ2n) is 7.26. The van der Waals surface area contributed by atoms with Crippen LogP contribution in [0.25, 0.3) is 11.6 Å². The summed E-state index contributed by atoms with van der Waals surface area (Å²) in [5.41, 5.74) is 4.24. The van der Waals surface area contributed by atoms with Gasteiger partial charge in [-0.2, -0.15) is 5.10 Å². The zero-order valence-electron chi connectivity index (χ0n) is 18.9. The Bertz CT molecular complexity index is 1080. The fraction of sp³-hybridized carbons (Fsp3) is 0.292. The van der Waals surface area contributed by atoms with Crippen LogP contribution >= 0.6 is 0 Å². The molecule has 3 rings (SSSR count). The second kappa shape index (κ2) is 10.6. The molecular weight excluding hydrogens is 406 g/mol. The van der Waals surface area contributed by atoms with Crippen molar-refractivity contribution in [3.05, 3.63) is 54.0 Å². The Hall–Kier alpha value is -3.65. The van der Waals surface area contributed by atoms with Gasteiger partial charge in [-0.1, -0.05) is 0 Å². The number of allylic oxidation sites excluding steroid dienone is 1. The van der Waals surface area contributed by atoms with E-state index in [1.54, 1.807) is 18.9 Å². The second-order valence-corrected chi connectivity index (χ2v) is 7.26. The quantitative estimate of drug-likeness (QED) is 0.480. The van der Waals surface area contributed by atoms with Crippen LogP contribution < -0.4 is 14.4 Å². The molecule has 8 heteroatoms. The summed E-state index contributed by atoms with van der Waals surface area (Å²) in [5, 5.41) is 13.7. The van der Waals surface area contributed by atoms with E-state index in [2.05, 4.69) is 16.8 Å². The first-order valence-corrected chi connectivity index (χ1v) is 10.3. The molecule has 0 unspecified atom stereocenters. The highest BCUT2D eigenvalue weighted by molar-refractivity contribution is 5.83. The molecule has 0 aliphatic rings. The van der Waals surface area contributed by atoms with Gasteiger partial charge < -0.3 is 19.5 Å². The van der Waals surface area contributed by atoms with Crippen molar-refractivity contribution in [3.8, 4) is 11.5 Å². The Kier molecular flexibility index (Phi) is 7.62. The van der Waals surface area contributed by atoms with Crippen molar-refractivity contribution in [2.45, 2.75) is 13.3 Å². The lowest BCUT2D eigenvalue weighted by atomic mass is 10.1. The topological polar surface area (TPSA) is 85.0 Å². The summed E-state index contributed by atoms with van der Waals surface area (Å²) in [6.07, 6.45) is 6.31. The van der Waals surface area contributed by atoms with Gasteiger partial charge in [-0.3, -0.25) is 9.67 Å². The molecule has 0 aliphatic carbocycles. The molecule has 8 nitrogen and oxygen atoms in total. The third-order valence-corrected chi connectivity index (χ3v) is 5.04. The highest BCUT2D eigenvalue weighted by Gasteiger charge is 2.15. The van der Waals surface area contributed by atoms with Gasteiger partial charge in [0.2, 0.25) is 0 Å². The number of anilines is 2. The molecule has 2 heterocycles. The van der Waals surface area contributed by atoms with Crippen LogP contribution in [0, 0.1) is 0 Å². The Morgan fingerprint density at radius 1 is 1.22 bits per heavy atom. The van der Waals surface area contributed by atoms with E-state index in [1.165, 1.54) is 0 Å². The van der Waals surface area contributed by atoms with E-state index in [-0.39, 0.29) is 6.61 Å². The van der Waals surface area contributed by atoms with Crippen molar-refractivity contribution in [3.63, 3.8) is 0 Å². The zero-order valence-corrected chi connectivity index (χ0v) is 18.9. The molecule has 0 spiro atoms. The van der Waals surface area contributed by atoms with E-state index in [9.17, 15) is 5.11 Å². The molecule has 2 aromatic heterocycles. The number of hydrogen-bond acceptors (Lipinski definition) is 7. The maximum atomic E-state index is 9.46. The molecule has 0 saturated carbocycles. The van der Waals surface area contributed by atoms with E-state index in [0.717, 1.165) is 16.8 Å². The molecule has 32 heavy (non-hydrogen) atoms. The zero-order chi connectivity index (χ0) is 23.1. The van der Waals surface area contributed by atoms with Gasteiger partial charge in [0, 0.05) is 55.8 Å². The molecular formula is C24H29N5O3. The minimum Gasteiger partial charge on any atom is -0.497 e. The van der Waals surface area contributed by atoms with Gasteiger partial charge in [-0.15, -0.1) is 0 Å². The Labute approximate surface area is 188 Å². The van der Waals surface area contributed by atoms with Gasteiger partial charge in [0.25, 0.3) is 0 Å².